The first kappa shape index (κ1) is 24.8. The maximum Gasteiger partial charge on any atom is 0.291 e. The Labute approximate surface area is 218 Å². The Morgan fingerprint density at radius 2 is 1.74 bits per heavy atom. The van der Waals surface area contributed by atoms with Gasteiger partial charge in [0, 0.05) is 55.5 Å². The number of carbonyl (C=O) groups is 2. The summed E-state index contributed by atoms with van der Waals surface area (Å²) in [5.74, 6) is 0.204. The number of amides is 2. The van der Waals surface area contributed by atoms with E-state index in [1.165, 1.54) is 12.1 Å². The number of para-hydroxylation sites is 1. The zero-order chi connectivity index (χ0) is 26.6. The second-order valence-electron chi connectivity index (χ2n) is 8.93. The van der Waals surface area contributed by atoms with Crippen LogP contribution in [-0.4, -0.2) is 54.9 Å². The van der Waals surface area contributed by atoms with E-state index in [4.69, 9.17) is 9.15 Å². The maximum atomic E-state index is 13.6. The molecule has 0 unspecified atom stereocenters. The normalized spacial score (nSPS) is 13.4. The predicted octanol–water partition coefficient (Wildman–Crippen LogP) is 4.49. The van der Waals surface area contributed by atoms with Crippen LogP contribution in [0.1, 0.15) is 16.1 Å². The van der Waals surface area contributed by atoms with E-state index < -0.39 is 4.92 Å². The quantitative estimate of drug-likeness (QED) is 0.285. The van der Waals surface area contributed by atoms with Gasteiger partial charge >= 0.3 is 0 Å². The maximum absolute atomic E-state index is 13.6. The van der Waals surface area contributed by atoms with Gasteiger partial charge in [-0.05, 0) is 29.8 Å². The van der Waals surface area contributed by atoms with Gasteiger partial charge in [0.1, 0.15) is 17.0 Å². The number of furan rings is 1. The SMILES string of the molecule is COc1cccc(N2CCN(C(=O)c3oc4ccccc4c3NC(=O)Cc3ccc([N+](=O)[O-])cc3)CC2)c1. The van der Waals surface area contributed by atoms with E-state index in [9.17, 15) is 19.7 Å². The molecule has 1 N–H and O–H groups in total. The molecule has 3 aromatic carbocycles. The first-order valence-electron chi connectivity index (χ1n) is 12.2. The summed E-state index contributed by atoms with van der Waals surface area (Å²) in [5.41, 5.74) is 2.42. The molecule has 2 amide bonds. The number of piperazine rings is 1. The van der Waals surface area contributed by atoms with E-state index in [0.717, 1.165) is 11.4 Å². The summed E-state index contributed by atoms with van der Waals surface area (Å²) in [7, 11) is 1.63. The number of hydrogen-bond donors (Lipinski definition) is 1. The summed E-state index contributed by atoms with van der Waals surface area (Å²) in [6.45, 7) is 2.26. The van der Waals surface area contributed by atoms with Crippen LogP contribution in [0, 0.1) is 10.1 Å². The molecule has 1 aliphatic rings. The topological polar surface area (TPSA) is 118 Å². The van der Waals surface area contributed by atoms with E-state index in [1.807, 2.05) is 30.3 Å². The van der Waals surface area contributed by atoms with Crippen molar-refractivity contribution >= 4 is 39.8 Å². The van der Waals surface area contributed by atoms with E-state index in [2.05, 4.69) is 10.2 Å². The van der Waals surface area contributed by atoms with Gasteiger partial charge in [0.2, 0.25) is 11.7 Å². The molecule has 2 heterocycles. The Morgan fingerprint density at radius 1 is 1.00 bits per heavy atom. The van der Waals surface area contributed by atoms with Gasteiger partial charge in [-0.1, -0.05) is 30.3 Å². The Hall–Kier alpha value is -4.86. The van der Waals surface area contributed by atoms with E-state index in [0.29, 0.717) is 48.4 Å². The summed E-state index contributed by atoms with van der Waals surface area (Å²) < 4.78 is 11.3. The van der Waals surface area contributed by atoms with Crippen LogP contribution in [0.15, 0.2) is 77.2 Å². The summed E-state index contributed by atoms with van der Waals surface area (Å²) in [5, 5.41) is 14.4. The molecular weight excluding hydrogens is 488 g/mol. The molecule has 1 fully saturated rings. The lowest BCUT2D eigenvalue weighted by atomic mass is 10.1. The van der Waals surface area contributed by atoms with Gasteiger partial charge in [-0.25, -0.2) is 0 Å². The molecule has 0 saturated carbocycles. The van der Waals surface area contributed by atoms with Gasteiger partial charge in [0.05, 0.1) is 18.5 Å². The fourth-order valence-electron chi connectivity index (χ4n) is 4.54. The smallest absolute Gasteiger partial charge is 0.291 e. The number of carbonyl (C=O) groups excluding carboxylic acids is 2. The lowest BCUT2D eigenvalue weighted by Crippen LogP contribution is -2.48. The first-order chi connectivity index (χ1) is 18.4. The zero-order valence-corrected chi connectivity index (χ0v) is 20.8. The molecule has 0 atom stereocenters. The summed E-state index contributed by atoms with van der Waals surface area (Å²) >= 11 is 0. The van der Waals surface area contributed by atoms with Crippen molar-refractivity contribution in [2.75, 3.05) is 43.5 Å². The summed E-state index contributed by atoms with van der Waals surface area (Å²) in [6.07, 6.45) is -0.00958. The fourth-order valence-corrected chi connectivity index (χ4v) is 4.54. The Balaban J connectivity index is 1.32. The molecular formula is C28H26N4O6. The summed E-state index contributed by atoms with van der Waals surface area (Å²) in [6, 6.07) is 20.8. The molecule has 0 aliphatic carbocycles. The molecule has 0 bridgehead atoms. The molecule has 1 aromatic heterocycles. The van der Waals surface area contributed by atoms with Crippen LogP contribution in [0.25, 0.3) is 11.0 Å². The van der Waals surface area contributed by atoms with Crippen LogP contribution in [-0.2, 0) is 11.2 Å². The number of nitro benzene ring substituents is 1. The van der Waals surface area contributed by atoms with Gasteiger partial charge in [-0.2, -0.15) is 0 Å². The third-order valence-electron chi connectivity index (χ3n) is 6.55. The lowest BCUT2D eigenvalue weighted by Gasteiger charge is -2.36. The van der Waals surface area contributed by atoms with Gasteiger partial charge < -0.3 is 24.3 Å². The number of nitrogens with one attached hydrogen (secondary N) is 1. The van der Waals surface area contributed by atoms with E-state index >= 15 is 0 Å². The number of fused-ring (bicyclic) bond motifs is 1. The van der Waals surface area contributed by atoms with Crippen molar-refractivity contribution < 1.29 is 23.7 Å². The number of methoxy groups -OCH3 is 1. The minimum Gasteiger partial charge on any atom is -0.497 e. The third-order valence-corrected chi connectivity index (χ3v) is 6.55. The minimum atomic E-state index is -0.490. The number of nitro groups is 1. The average Bonchev–Trinajstić information content (AvgIpc) is 3.31. The second-order valence-corrected chi connectivity index (χ2v) is 8.93. The molecule has 194 valence electrons. The molecule has 5 rings (SSSR count). The number of ether oxygens (including phenoxy) is 1. The molecule has 1 aliphatic heterocycles. The zero-order valence-electron chi connectivity index (χ0n) is 20.8. The van der Waals surface area contributed by atoms with Gasteiger partial charge in [0.25, 0.3) is 11.6 Å². The summed E-state index contributed by atoms with van der Waals surface area (Å²) in [4.78, 5) is 40.8. The van der Waals surface area contributed by atoms with E-state index in [-0.39, 0.29) is 29.7 Å². The highest BCUT2D eigenvalue weighted by molar-refractivity contribution is 6.11. The van der Waals surface area contributed by atoms with Crippen LogP contribution in [0.4, 0.5) is 17.1 Å². The van der Waals surface area contributed by atoms with Crippen LogP contribution >= 0.6 is 0 Å². The number of benzene rings is 3. The third kappa shape index (κ3) is 5.15. The first-order valence-corrected chi connectivity index (χ1v) is 12.2. The van der Waals surface area contributed by atoms with Crippen LogP contribution < -0.4 is 15.0 Å². The van der Waals surface area contributed by atoms with Crippen molar-refractivity contribution in [3.63, 3.8) is 0 Å². The molecule has 0 radical (unpaired) electrons. The van der Waals surface area contributed by atoms with Crippen molar-refractivity contribution in [2.45, 2.75) is 6.42 Å². The molecule has 1 saturated heterocycles. The number of rotatable bonds is 7. The molecule has 38 heavy (non-hydrogen) atoms. The van der Waals surface area contributed by atoms with Crippen LogP contribution in [0.3, 0.4) is 0 Å². The average molecular weight is 515 g/mol. The monoisotopic (exact) mass is 514 g/mol. The van der Waals surface area contributed by atoms with Crippen molar-refractivity contribution in [1.82, 2.24) is 4.90 Å². The Morgan fingerprint density at radius 3 is 2.45 bits per heavy atom. The fraction of sp³-hybridized carbons (Fsp3) is 0.214. The highest BCUT2D eigenvalue weighted by atomic mass is 16.6. The molecule has 10 heteroatoms. The standard InChI is InChI=1S/C28H26N4O6/c1-37-22-6-4-5-21(18-22)30-13-15-31(16-14-30)28(34)27-26(23-7-2-3-8-24(23)38-27)29-25(33)17-19-9-11-20(12-10-19)32(35)36/h2-12,18H,13-17H2,1H3,(H,29,33). The molecule has 4 aromatic rings. The van der Waals surface area contributed by atoms with Crippen molar-refractivity contribution in [2.24, 2.45) is 0 Å². The number of hydrogen-bond acceptors (Lipinski definition) is 7. The lowest BCUT2D eigenvalue weighted by molar-refractivity contribution is -0.384. The van der Waals surface area contributed by atoms with Crippen molar-refractivity contribution in [1.29, 1.82) is 0 Å². The Kier molecular flexibility index (Phi) is 6.94. The van der Waals surface area contributed by atoms with Crippen molar-refractivity contribution in [3.8, 4) is 5.75 Å². The highest BCUT2D eigenvalue weighted by Gasteiger charge is 2.29. The van der Waals surface area contributed by atoms with Crippen LogP contribution in [0.5, 0.6) is 5.75 Å². The number of anilines is 2. The van der Waals surface area contributed by atoms with Gasteiger partial charge in [0.15, 0.2) is 0 Å². The van der Waals surface area contributed by atoms with Crippen molar-refractivity contribution in [3.05, 3.63) is 94.2 Å². The Bertz CT molecular complexity index is 1490. The van der Waals surface area contributed by atoms with E-state index in [1.54, 1.807) is 42.3 Å². The second kappa shape index (κ2) is 10.6. The molecule has 10 nitrogen and oxygen atoms in total. The van der Waals surface area contributed by atoms with Gasteiger partial charge in [-0.15, -0.1) is 0 Å². The molecule has 0 spiro atoms. The van der Waals surface area contributed by atoms with Gasteiger partial charge in [-0.3, -0.25) is 19.7 Å². The predicted molar refractivity (Wildman–Crippen MR) is 143 cm³/mol. The van der Waals surface area contributed by atoms with Crippen LogP contribution in [0.2, 0.25) is 0 Å². The number of non-ortho nitro benzene ring substituents is 1. The highest BCUT2D eigenvalue weighted by Crippen LogP contribution is 2.32. The minimum absolute atomic E-state index is 0.00958. The number of nitrogens with zero attached hydrogens (tertiary/aromatic N) is 3. The largest absolute Gasteiger partial charge is 0.497 e.